The molecule has 8 heteroatoms. The molecule has 5 aromatic rings. The number of anilines is 2. The Morgan fingerprint density at radius 2 is 1.90 bits per heavy atom. The summed E-state index contributed by atoms with van der Waals surface area (Å²) < 4.78 is 12.2. The Morgan fingerprint density at radius 1 is 1.00 bits per heavy atom. The van der Waals surface area contributed by atoms with Crippen molar-refractivity contribution >= 4 is 44.1 Å². The summed E-state index contributed by atoms with van der Waals surface area (Å²) in [5, 5.41) is 6.07. The van der Waals surface area contributed by atoms with Crippen molar-refractivity contribution in [3.05, 3.63) is 76.4 Å². The molecule has 0 aliphatic heterocycles. The molecule has 0 saturated heterocycles. The number of hydrogen-bond donors (Lipinski definition) is 2. The minimum absolute atomic E-state index is 0.160. The molecule has 0 saturated carbocycles. The van der Waals surface area contributed by atoms with Crippen molar-refractivity contribution in [3.8, 4) is 17.4 Å². The summed E-state index contributed by atoms with van der Waals surface area (Å²) in [6, 6.07) is 18.2. The second kappa shape index (κ2) is 7.49. The zero-order chi connectivity index (χ0) is 20.5. The molecule has 0 aliphatic carbocycles. The molecule has 30 heavy (non-hydrogen) atoms. The first-order chi connectivity index (χ1) is 14.7. The van der Waals surface area contributed by atoms with E-state index in [1.54, 1.807) is 19.2 Å². The van der Waals surface area contributed by atoms with Gasteiger partial charge in [-0.25, -0.2) is 4.98 Å². The summed E-state index contributed by atoms with van der Waals surface area (Å²) in [6.45, 7) is 0. The summed E-state index contributed by atoms with van der Waals surface area (Å²) in [6.07, 6.45) is 0. The van der Waals surface area contributed by atoms with Gasteiger partial charge in [-0.1, -0.05) is 6.07 Å². The van der Waals surface area contributed by atoms with Gasteiger partial charge >= 0.3 is 0 Å². The predicted molar refractivity (Wildman–Crippen MR) is 118 cm³/mol. The van der Waals surface area contributed by atoms with E-state index in [0.717, 1.165) is 27.0 Å². The third-order valence-electron chi connectivity index (χ3n) is 4.51. The molecule has 0 amide bonds. The monoisotopic (exact) mass is 416 g/mol. The van der Waals surface area contributed by atoms with Crippen LogP contribution in [0.3, 0.4) is 0 Å². The second-order valence-corrected chi connectivity index (χ2v) is 7.43. The maximum atomic E-state index is 11.6. The van der Waals surface area contributed by atoms with Gasteiger partial charge in [-0.05, 0) is 47.2 Å². The largest absolute Gasteiger partial charge is 0.497 e. The fourth-order valence-electron chi connectivity index (χ4n) is 3.10. The van der Waals surface area contributed by atoms with Crippen molar-refractivity contribution in [1.82, 2.24) is 15.0 Å². The maximum absolute atomic E-state index is 11.6. The lowest BCUT2D eigenvalue weighted by atomic mass is 10.2. The highest BCUT2D eigenvalue weighted by atomic mass is 32.1. The summed E-state index contributed by atoms with van der Waals surface area (Å²) in [5.74, 6) is 2.17. The van der Waals surface area contributed by atoms with Gasteiger partial charge in [0.1, 0.15) is 16.2 Å². The number of nitrogens with zero attached hydrogens (tertiary/aromatic N) is 2. The number of nitrogens with one attached hydrogen (secondary N) is 2. The Morgan fingerprint density at radius 3 is 2.80 bits per heavy atom. The van der Waals surface area contributed by atoms with Gasteiger partial charge in [0.25, 0.3) is 0 Å². The van der Waals surface area contributed by atoms with Crippen molar-refractivity contribution < 1.29 is 9.47 Å². The van der Waals surface area contributed by atoms with Gasteiger partial charge in [0.15, 0.2) is 0 Å². The zero-order valence-electron chi connectivity index (χ0n) is 15.9. The molecular formula is C22H16N4O3S. The number of hydrogen-bond acceptors (Lipinski definition) is 7. The molecule has 3 aromatic heterocycles. The number of methoxy groups -OCH3 is 1. The average molecular weight is 416 g/mol. The third-order valence-corrected chi connectivity index (χ3v) is 5.40. The molecule has 148 valence electrons. The van der Waals surface area contributed by atoms with E-state index in [-0.39, 0.29) is 5.56 Å². The molecule has 0 atom stereocenters. The van der Waals surface area contributed by atoms with E-state index in [2.05, 4.69) is 20.3 Å². The van der Waals surface area contributed by atoms with Crippen LogP contribution in [-0.2, 0) is 0 Å². The van der Waals surface area contributed by atoms with Gasteiger partial charge < -0.3 is 19.8 Å². The number of aromatic nitrogens is 3. The van der Waals surface area contributed by atoms with Gasteiger partial charge in [0.05, 0.1) is 18.1 Å². The molecular weight excluding hydrogens is 400 g/mol. The maximum Gasteiger partial charge on any atom is 0.248 e. The first kappa shape index (κ1) is 18.1. The number of pyridine rings is 1. The minimum Gasteiger partial charge on any atom is -0.497 e. The number of rotatable bonds is 5. The Kier molecular flexibility index (Phi) is 4.53. The van der Waals surface area contributed by atoms with Crippen LogP contribution in [0.5, 0.6) is 17.4 Å². The number of aromatic amines is 1. The number of thiophene rings is 1. The van der Waals surface area contributed by atoms with Gasteiger partial charge in [0.2, 0.25) is 17.4 Å². The molecule has 0 spiro atoms. The first-order valence-corrected chi connectivity index (χ1v) is 10.0. The van der Waals surface area contributed by atoms with E-state index < -0.39 is 0 Å². The highest BCUT2D eigenvalue weighted by molar-refractivity contribution is 7.17. The van der Waals surface area contributed by atoms with Crippen LogP contribution in [0, 0.1) is 0 Å². The first-order valence-electron chi connectivity index (χ1n) is 9.15. The van der Waals surface area contributed by atoms with Crippen molar-refractivity contribution in [2.24, 2.45) is 0 Å². The highest BCUT2D eigenvalue weighted by Crippen LogP contribution is 2.33. The number of ether oxygens (including phenoxy) is 2. The third kappa shape index (κ3) is 3.56. The van der Waals surface area contributed by atoms with E-state index in [1.807, 2.05) is 47.8 Å². The Bertz CT molecular complexity index is 1430. The Balaban J connectivity index is 1.52. The quantitative estimate of drug-likeness (QED) is 0.415. The number of fused-ring (bicyclic) bond motifs is 2. The van der Waals surface area contributed by atoms with Gasteiger partial charge in [-0.15, -0.1) is 11.3 Å². The van der Waals surface area contributed by atoms with Crippen LogP contribution in [0.2, 0.25) is 0 Å². The zero-order valence-corrected chi connectivity index (χ0v) is 16.7. The van der Waals surface area contributed by atoms with Crippen LogP contribution in [0.15, 0.2) is 70.8 Å². The molecule has 0 radical (unpaired) electrons. The van der Waals surface area contributed by atoms with Gasteiger partial charge in [-0.2, -0.15) is 4.98 Å². The molecule has 7 nitrogen and oxygen atoms in total. The fraction of sp³-hybridized carbons (Fsp3) is 0.0455. The topological polar surface area (TPSA) is 89.1 Å². The Labute approximate surface area is 175 Å². The normalized spacial score (nSPS) is 11.0. The average Bonchev–Trinajstić information content (AvgIpc) is 3.22. The standard InChI is InChI=1S/C22H16N4O3S/c1-28-15-4-2-3-14(11-15)23-22-25-17-9-10-30-20(17)21(26-22)29-16-7-5-13-6-8-19(27)24-18(13)12-16/h2-12H,1H3,(H,24,27)(H,23,25,26). The predicted octanol–water partition coefficient (Wildman–Crippen LogP) is 5.08. The summed E-state index contributed by atoms with van der Waals surface area (Å²) in [5.41, 5.74) is 2.13. The summed E-state index contributed by atoms with van der Waals surface area (Å²) in [4.78, 5) is 23.6. The van der Waals surface area contributed by atoms with E-state index in [1.165, 1.54) is 17.4 Å². The lowest BCUT2D eigenvalue weighted by molar-refractivity contribution is 0.415. The van der Waals surface area contributed by atoms with Crippen LogP contribution in [0.25, 0.3) is 21.1 Å². The van der Waals surface area contributed by atoms with Crippen molar-refractivity contribution in [1.29, 1.82) is 0 Å². The van der Waals surface area contributed by atoms with Gasteiger partial charge in [0, 0.05) is 23.9 Å². The van der Waals surface area contributed by atoms with Crippen LogP contribution < -0.4 is 20.3 Å². The van der Waals surface area contributed by atoms with E-state index >= 15 is 0 Å². The molecule has 0 bridgehead atoms. The van der Waals surface area contributed by atoms with E-state index in [4.69, 9.17) is 9.47 Å². The van der Waals surface area contributed by atoms with E-state index in [0.29, 0.717) is 23.1 Å². The molecule has 0 unspecified atom stereocenters. The van der Waals surface area contributed by atoms with Crippen LogP contribution in [0.1, 0.15) is 0 Å². The molecule has 3 heterocycles. The highest BCUT2D eigenvalue weighted by Gasteiger charge is 2.12. The second-order valence-electron chi connectivity index (χ2n) is 6.52. The lowest BCUT2D eigenvalue weighted by Crippen LogP contribution is -2.02. The molecule has 5 rings (SSSR count). The number of benzene rings is 2. The summed E-state index contributed by atoms with van der Waals surface area (Å²) >= 11 is 1.50. The fourth-order valence-corrected chi connectivity index (χ4v) is 3.85. The molecule has 0 fully saturated rings. The van der Waals surface area contributed by atoms with E-state index in [9.17, 15) is 4.79 Å². The SMILES string of the molecule is COc1cccc(Nc2nc(Oc3ccc4ccc(=O)[nH]c4c3)c3sccc3n2)c1. The minimum atomic E-state index is -0.160. The summed E-state index contributed by atoms with van der Waals surface area (Å²) in [7, 11) is 1.62. The molecule has 2 N–H and O–H groups in total. The van der Waals surface area contributed by atoms with Crippen molar-refractivity contribution in [2.45, 2.75) is 0 Å². The molecule has 2 aromatic carbocycles. The lowest BCUT2D eigenvalue weighted by Gasteiger charge is -2.10. The van der Waals surface area contributed by atoms with Crippen molar-refractivity contribution in [3.63, 3.8) is 0 Å². The Hall–Kier alpha value is -3.91. The van der Waals surface area contributed by atoms with Crippen molar-refractivity contribution in [2.75, 3.05) is 12.4 Å². The smallest absolute Gasteiger partial charge is 0.248 e. The number of H-pyrrole nitrogens is 1. The van der Waals surface area contributed by atoms with Crippen LogP contribution in [-0.4, -0.2) is 22.1 Å². The molecule has 0 aliphatic rings. The van der Waals surface area contributed by atoms with Crippen LogP contribution in [0.4, 0.5) is 11.6 Å². The van der Waals surface area contributed by atoms with Crippen LogP contribution >= 0.6 is 11.3 Å². The van der Waals surface area contributed by atoms with Gasteiger partial charge in [-0.3, -0.25) is 4.79 Å².